The van der Waals surface area contributed by atoms with Crippen molar-refractivity contribution in [2.45, 2.75) is 316 Å². The summed E-state index contributed by atoms with van der Waals surface area (Å²) in [4.78, 5) is 37.9. The number of rotatable bonds is 51. The van der Waals surface area contributed by atoms with Gasteiger partial charge in [0.05, 0.1) is 0 Å². The van der Waals surface area contributed by atoms with E-state index in [4.69, 9.17) is 14.2 Å². The van der Waals surface area contributed by atoms with E-state index in [1.165, 1.54) is 205 Å². The van der Waals surface area contributed by atoms with Gasteiger partial charge in [0, 0.05) is 19.3 Å². The van der Waals surface area contributed by atoms with Crippen LogP contribution in [0.2, 0.25) is 0 Å². The molecule has 0 saturated carbocycles. The molecule has 0 N–H and O–H groups in total. The van der Waals surface area contributed by atoms with E-state index in [0.29, 0.717) is 19.3 Å². The lowest BCUT2D eigenvalue weighted by Gasteiger charge is -2.18. The molecule has 1 atom stereocenters. The van der Waals surface area contributed by atoms with E-state index < -0.39 is 6.10 Å². The summed E-state index contributed by atoms with van der Waals surface area (Å²) in [6, 6.07) is 0. The highest BCUT2D eigenvalue weighted by Crippen LogP contribution is 2.17. The lowest BCUT2D eigenvalue weighted by molar-refractivity contribution is -0.167. The molecule has 6 heteroatoms. The van der Waals surface area contributed by atoms with Gasteiger partial charge in [-0.3, -0.25) is 14.4 Å². The number of carbonyl (C=O) groups excluding carboxylic acids is 3. The number of esters is 3. The van der Waals surface area contributed by atoms with Crippen LogP contribution in [0.1, 0.15) is 310 Å². The Morgan fingerprint density at radius 3 is 0.855 bits per heavy atom. The standard InChI is InChI=1S/C56H106O6/c1-4-7-10-13-16-19-22-23-24-25-26-27-28-29-30-31-32-33-35-37-40-43-46-49-55(58)61-52-53(51-60-54(57)48-45-42-39-36-21-18-15-12-9-6-3)62-56(59)50-47-44-41-38-34-20-17-14-11-8-5-2/h14,17,53H,4-13,15-16,18-52H2,1-3H3/b17-14-. The van der Waals surface area contributed by atoms with Crippen molar-refractivity contribution < 1.29 is 28.6 Å². The van der Waals surface area contributed by atoms with Gasteiger partial charge in [0.25, 0.3) is 0 Å². The molecule has 6 nitrogen and oxygen atoms in total. The van der Waals surface area contributed by atoms with Crippen molar-refractivity contribution in [1.82, 2.24) is 0 Å². The van der Waals surface area contributed by atoms with Gasteiger partial charge in [-0.1, -0.05) is 264 Å². The third-order valence-electron chi connectivity index (χ3n) is 12.5. The number of hydrogen-bond donors (Lipinski definition) is 0. The number of carbonyl (C=O) groups is 3. The molecular weight excluding hydrogens is 769 g/mol. The van der Waals surface area contributed by atoms with Crippen LogP contribution < -0.4 is 0 Å². The smallest absolute Gasteiger partial charge is 0.306 e. The van der Waals surface area contributed by atoms with Gasteiger partial charge >= 0.3 is 17.9 Å². The summed E-state index contributed by atoms with van der Waals surface area (Å²) in [7, 11) is 0. The number of unbranched alkanes of at least 4 members (excludes halogenated alkanes) is 38. The first-order valence-electron chi connectivity index (χ1n) is 27.7. The normalized spacial score (nSPS) is 12.0. The van der Waals surface area contributed by atoms with E-state index in [1.807, 2.05) is 0 Å². The van der Waals surface area contributed by atoms with Crippen molar-refractivity contribution in [2.75, 3.05) is 13.2 Å². The Hall–Kier alpha value is -1.85. The molecule has 0 heterocycles. The zero-order valence-corrected chi connectivity index (χ0v) is 41.9. The minimum Gasteiger partial charge on any atom is -0.462 e. The van der Waals surface area contributed by atoms with Crippen molar-refractivity contribution in [3.63, 3.8) is 0 Å². The van der Waals surface area contributed by atoms with Crippen LogP contribution in [-0.4, -0.2) is 37.2 Å². The van der Waals surface area contributed by atoms with Crippen LogP contribution in [0.25, 0.3) is 0 Å². The highest BCUT2D eigenvalue weighted by Gasteiger charge is 2.19. The van der Waals surface area contributed by atoms with Gasteiger partial charge in [0.15, 0.2) is 6.10 Å². The lowest BCUT2D eigenvalue weighted by atomic mass is 10.0. The van der Waals surface area contributed by atoms with Crippen LogP contribution in [0.3, 0.4) is 0 Å². The van der Waals surface area contributed by atoms with Crippen molar-refractivity contribution in [3.8, 4) is 0 Å². The average molecular weight is 875 g/mol. The van der Waals surface area contributed by atoms with E-state index in [-0.39, 0.29) is 31.1 Å². The SMILES string of the molecule is CCCC/C=C\CCCCCCCC(=O)OC(COC(=O)CCCCCCCCCCCC)COC(=O)CCCCCCCCCCCCCCCCCCCCCCCCC. The zero-order chi connectivity index (χ0) is 45.1. The predicted octanol–water partition coefficient (Wildman–Crippen LogP) is 18.2. The summed E-state index contributed by atoms with van der Waals surface area (Å²) < 4.78 is 16.8. The highest BCUT2D eigenvalue weighted by molar-refractivity contribution is 5.71. The molecule has 0 rings (SSSR count). The number of ether oxygens (including phenoxy) is 3. The average Bonchev–Trinajstić information content (AvgIpc) is 3.27. The minimum atomic E-state index is -0.767. The van der Waals surface area contributed by atoms with Gasteiger partial charge in [-0.15, -0.1) is 0 Å². The Kier molecular flexibility index (Phi) is 50.2. The number of hydrogen-bond acceptors (Lipinski definition) is 6. The zero-order valence-electron chi connectivity index (χ0n) is 41.9. The topological polar surface area (TPSA) is 78.9 Å². The van der Waals surface area contributed by atoms with Crippen LogP contribution in [0.15, 0.2) is 12.2 Å². The van der Waals surface area contributed by atoms with Crippen molar-refractivity contribution in [1.29, 1.82) is 0 Å². The van der Waals surface area contributed by atoms with E-state index in [2.05, 4.69) is 32.9 Å². The molecular formula is C56H106O6. The van der Waals surface area contributed by atoms with Crippen LogP contribution in [-0.2, 0) is 28.6 Å². The fourth-order valence-corrected chi connectivity index (χ4v) is 8.31. The Labute approximate surface area is 386 Å². The molecule has 0 aliphatic carbocycles. The van der Waals surface area contributed by atoms with E-state index >= 15 is 0 Å². The molecule has 0 spiro atoms. The largest absolute Gasteiger partial charge is 0.462 e. The Bertz CT molecular complexity index is 962. The third kappa shape index (κ3) is 49.2. The second kappa shape index (κ2) is 51.8. The maximum absolute atomic E-state index is 12.7. The molecule has 366 valence electrons. The van der Waals surface area contributed by atoms with Crippen LogP contribution >= 0.6 is 0 Å². The molecule has 1 unspecified atom stereocenters. The minimum absolute atomic E-state index is 0.0682. The summed E-state index contributed by atoms with van der Waals surface area (Å²) in [6.45, 7) is 6.62. The monoisotopic (exact) mass is 875 g/mol. The molecule has 0 aromatic heterocycles. The van der Waals surface area contributed by atoms with E-state index in [0.717, 1.165) is 64.2 Å². The van der Waals surface area contributed by atoms with Crippen molar-refractivity contribution >= 4 is 17.9 Å². The first-order valence-corrected chi connectivity index (χ1v) is 27.7. The van der Waals surface area contributed by atoms with Crippen LogP contribution in [0.5, 0.6) is 0 Å². The highest BCUT2D eigenvalue weighted by atomic mass is 16.6. The Balaban J connectivity index is 4.13. The maximum Gasteiger partial charge on any atom is 0.306 e. The molecule has 0 aromatic carbocycles. The molecule has 0 amide bonds. The summed E-state index contributed by atoms with van der Waals surface area (Å²) >= 11 is 0. The van der Waals surface area contributed by atoms with Crippen LogP contribution in [0.4, 0.5) is 0 Å². The fraction of sp³-hybridized carbons (Fsp3) is 0.911. The van der Waals surface area contributed by atoms with Gasteiger partial charge in [-0.05, 0) is 38.5 Å². The van der Waals surface area contributed by atoms with Gasteiger partial charge in [-0.2, -0.15) is 0 Å². The summed E-state index contributed by atoms with van der Waals surface area (Å²) in [5.74, 6) is -0.862. The van der Waals surface area contributed by atoms with Gasteiger partial charge < -0.3 is 14.2 Å². The Morgan fingerprint density at radius 1 is 0.306 bits per heavy atom. The Morgan fingerprint density at radius 2 is 0.548 bits per heavy atom. The maximum atomic E-state index is 12.7. The summed E-state index contributed by atoms with van der Waals surface area (Å²) in [5, 5.41) is 0. The van der Waals surface area contributed by atoms with Gasteiger partial charge in [-0.25, -0.2) is 0 Å². The van der Waals surface area contributed by atoms with Gasteiger partial charge in [0.2, 0.25) is 0 Å². The fourth-order valence-electron chi connectivity index (χ4n) is 8.31. The molecule has 0 fully saturated rings. The van der Waals surface area contributed by atoms with E-state index in [9.17, 15) is 14.4 Å². The lowest BCUT2D eigenvalue weighted by Crippen LogP contribution is -2.30. The second-order valence-corrected chi connectivity index (χ2v) is 18.9. The molecule has 62 heavy (non-hydrogen) atoms. The number of allylic oxidation sites excluding steroid dienone is 2. The molecule has 0 aromatic rings. The third-order valence-corrected chi connectivity index (χ3v) is 12.5. The molecule has 0 aliphatic heterocycles. The quantitative estimate of drug-likeness (QED) is 0.0262. The second-order valence-electron chi connectivity index (χ2n) is 18.9. The first kappa shape index (κ1) is 60.2. The summed E-state index contributed by atoms with van der Waals surface area (Å²) in [6.07, 6.45) is 57.9. The van der Waals surface area contributed by atoms with Gasteiger partial charge in [0.1, 0.15) is 13.2 Å². The predicted molar refractivity (Wildman–Crippen MR) is 266 cm³/mol. The molecule has 0 aliphatic rings. The van der Waals surface area contributed by atoms with E-state index in [1.54, 1.807) is 0 Å². The van der Waals surface area contributed by atoms with Crippen molar-refractivity contribution in [3.05, 3.63) is 12.2 Å². The summed E-state index contributed by atoms with van der Waals surface area (Å²) in [5.41, 5.74) is 0. The molecule has 0 bridgehead atoms. The molecule has 0 saturated heterocycles. The van der Waals surface area contributed by atoms with Crippen LogP contribution in [0, 0.1) is 0 Å². The first-order chi connectivity index (χ1) is 30.5. The van der Waals surface area contributed by atoms with Crippen molar-refractivity contribution in [2.24, 2.45) is 0 Å². The molecule has 0 radical (unpaired) electrons.